The van der Waals surface area contributed by atoms with Gasteiger partial charge in [0.25, 0.3) is 11.8 Å². The molecule has 30 heavy (non-hydrogen) atoms. The first kappa shape index (κ1) is 20.9. The van der Waals surface area contributed by atoms with Gasteiger partial charge in [-0.3, -0.25) is 14.4 Å². The Kier molecular flexibility index (Phi) is 6.69. The molecule has 0 aliphatic carbocycles. The third kappa shape index (κ3) is 5.38. The zero-order chi connectivity index (χ0) is 21.5. The molecular formula is C22H22N2O6. The number of furan rings is 1. The Balaban J connectivity index is 1.42. The predicted molar refractivity (Wildman–Crippen MR) is 109 cm³/mol. The zero-order valence-corrected chi connectivity index (χ0v) is 16.6. The second-order valence-corrected chi connectivity index (χ2v) is 6.55. The summed E-state index contributed by atoms with van der Waals surface area (Å²) in [6.45, 7) is 0.951. The van der Waals surface area contributed by atoms with Crippen molar-refractivity contribution in [3.8, 4) is 5.75 Å². The number of carbonyl (C=O) groups excluding carboxylic acids is 3. The molecule has 2 aromatic carbocycles. The highest BCUT2D eigenvalue weighted by Gasteiger charge is 2.16. The molecule has 0 aliphatic rings. The number of nitrogens with one attached hydrogen (secondary N) is 2. The van der Waals surface area contributed by atoms with Crippen LogP contribution >= 0.6 is 0 Å². The SMILES string of the molecule is COc1cccc(C(=O)NCC(=O)OCC(=O)N[C@@H](C)c2cc3ccccc3o2)c1. The van der Waals surface area contributed by atoms with E-state index in [0.29, 0.717) is 17.1 Å². The summed E-state index contributed by atoms with van der Waals surface area (Å²) < 4.78 is 15.7. The first-order valence-corrected chi connectivity index (χ1v) is 9.32. The van der Waals surface area contributed by atoms with Crippen molar-refractivity contribution in [2.45, 2.75) is 13.0 Å². The van der Waals surface area contributed by atoms with Gasteiger partial charge in [-0.25, -0.2) is 0 Å². The van der Waals surface area contributed by atoms with E-state index in [1.54, 1.807) is 31.2 Å². The van der Waals surface area contributed by atoms with E-state index in [-0.39, 0.29) is 6.54 Å². The summed E-state index contributed by atoms with van der Waals surface area (Å²) in [6, 6.07) is 15.5. The molecule has 1 atom stereocenters. The Morgan fingerprint density at radius 2 is 1.87 bits per heavy atom. The number of benzene rings is 2. The molecule has 1 aromatic heterocycles. The van der Waals surface area contributed by atoms with Crippen molar-refractivity contribution in [2.75, 3.05) is 20.3 Å². The first-order valence-electron chi connectivity index (χ1n) is 9.32. The van der Waals surface area contributed by atoms with Gasteiger partial charge >= 0.3 is 5.97 Å². The van der Waals surface area contributed by atoms with Crippen LogP contribution in [0.15, 0.2) is 59.0 Å². The monoisotopic (exact) mass is 410 g/mol. The Hall–Kier alpha value is -3.81. The lowest BCUT2D eigenvalue weighted by atomic mass is 10.2. The number of carbonyl (C=O) groups is 3. The van der Waals surface area contributed by atoms with E-state index in [4.69, 9.17) is 13.9 Å². The van der Waals surface area contributed by atoms with Crippen LogP contribution in [0.1, 0.15) is 29.1 Å². The van der Waals surface area contributed by atoms with Gasteiger partial charge in [0.15, 0.2) is 6.61 Å². The van der Waals surface area contributed by atoms with Crippen LogP contribution in [0.2, 0.25) is 0 Å². The van der Waals surface area contributed by atoms with Crippen molar-refractivity contribution in [2.24, 2.45) is 0 Å². The molecule has 1 heterocycles. The maximum Gasteiger partial charge on any atom is 0.325 e. The molecule has 0 fully saturated rings. The highest BCUT2D eigenvalue weighted by Crippen LogP contribution is 2.23. The number of esters is 1. The molecule has 3 aromatic rings. The lowest BCUT2D eigenvalue weighted by molar-refractivity contribution is -0.147. The van der Waals surface area contributed by atoms with Gasteiger partial charge in [-0.05, 0) is 37.3 Å². The molecule has 156 valence electrons. The largest absolute Gasteiger partial charge is 0.497 e. The second kappa shape index (κ2) is 9.60. The van der Waals surface area contributed by atoms with Gasteiger partial charge in [-0.15, -0.1) is 0 Å². The van der Waals surface area contributed by atoms with Gasteiger partial charge in [0.2, 0.25) is 0 Å². The van der Waals surface area contributed by atoms with E-state index in [1.165, 1.54) is 7.11 Å². The molecule has 0 unspecified atom stereocenters. The lowest BCUT2D eigenvalue weighted by Gasteiger charge is -2.12. The summed E-state index contributed by atoms with van der Waals surface area (Å²) in [5.74, 6) is -0.524. The van der Waals surface area contributed by atoms with Crippen molar-refractivity contribution in [3.63, 3.8) is 0 Å². The number of hydrogen-bond donors (Lipinski definition) is 2. The Morgan fingerprint density at radius 3 is 2.63 bits per heavy atom. The molecule has 2 N–H and O–H groups in total. The molecular weight excluding hydrogens is 388 g/mol. The third-order valence-electron chi connectivity index (χ3n) is 4.34. The van der Waals surface area contributed by atoms with E-state index < -0.39 is 30.4 Å². The van der Waals surface area contributed by atoms with E-state index >= 15 is 0 Å². The van der Waals surface area contributed by atoms with Crippen LogP contribution in [0.4, 0.5) is 0 Å². The average Bonchev–Trinajstić information content (AvgIpc) is 3.20. The maximum absolute atomic E-state index is 12.1. The number of methoxy groups -OCH3 is 1. The van der Waals surface area contributed by atoms with Crippen molar-refractivity contribution in [1.29, 1.82) is 0 Å². The van der Waals surface area contributed by atoms with Crippen molar-refractivity contribution < 1.29 is 28.3 Å². The summed E-state index contributed by atoms with van der Waals surface area (Å²) >= 11 is 0. The molecule has 0 spiro atoms. The summed E-state index contributed by atoms with van der Waals surface area (Å²) in [5.41, 5.74) is 1.08. The van der Waals surface area contributed by atoms with Crippen LogP contribution < -0.4 is 15.4 Å². The number of rotatable bonds is 8. The Morgan fingerprint density at radius 1 is 1.07 bits per heavy atom. The van der Waals surface area contributed by atoms with Crippen LogP contribution in [-0.2, 0) is 14.3 Å². The number of amides is 2. The lowest BCUT2D eigenvalue weighted by Crippen LogP contribution is -2.34. The molecule has 8 heteroatoms. The quantitative estimate of drug-likeness (QED) is 0.553. The number of ether oxygens (including phenoxy) is 2. The highest BCUT2D eigenvalue weighted by atomic mass is 16.5. The van der Waals surface area contributed by atoms with Crippen LogP contribution in [0.25, 0.3) is 11.0 Å². The molecule has 8 nitrogen and oxygen atoms in total. The minimum absolute atomic E-state index is 0.347. The molecule has 3 rings (SSSR count). The van der Waals surface area contributed by atoms with Gasteiger partial charge in [0.1, 0.15) is 23.6 Å². The van der Waals surface area contributed by atoms with E-state index in [2.05, 4.69) is 10.6 Å². The second-order valence-electron chi connectivity index (χ2n) is 6.55. The number of para-hydroxylation sites is 1. The average molecular weight is 410 g/mol. The van der Waals surface area contributed by atoms with Crippen LogP contribution in [0.3, 0.4) is 0 Å². The fourth-order valence-corrected chi connectivity index (χ4v) is 2.79. The topological polar surface area (TPSA) is 107 Å². The fraction of sp³-hybridized carbons (Fsp3) is 0.227. The zero-order valence-electron chi connectivity index (χ0n) is 16.6. The maximum atomic E-state index is 12.1. The van der Waals surface area contributed by atoms with Crippen LogP contribution in [0.5, 0.6) is 5.75 Å². The van der Waals surface area contributed by atoms with Gasteiger partial charge in [-0.2, -0.15) is 0 Å². The van der Waals surface area contributed by atoms with Crippen molar-refractivity contribution in [3.05, 3.63) is 65.9 Å². The van der Waals surface area contributed by atoms with Crippen molar-refractivity contribution >= 4 is 28.8 Å². The minimum atomic E-state index is -0.724. The van der Waals surface area contributed by atoms with E-state index in [0.717, 1.165) is 11.0 Å². The van der Waals surface area contributed by atoms with Gasteiger partial charge in [0, 0.05) is 10.9 Å². The fourth-order valence-electron chi connectivity index (χ4n) is 2.79. The molecule has 0 bridgehead atoms. The van der Waals surface area contributed by atoms with Gasteiger partial charge in [-0.1, -0.05) is 24.3 Å². The number of fused-ring (bicyclic) bond motifs is 1. The van der Waals surface area contributed by atoms with Crippen molar-refractivity contribution in [1.82, 2.24) is 10.6 Å². The first-order chi connectivity index (χ1) is 14.5. The van der Waals surface area contributed by atoms with E-state index in [1.807, 2.05) is 30.3 Å². The summed E-state index contributed by atoms with van der Waals surface area (Å²) in [7, 11) is 1.49. The smallest absolute Gasteiger partial charge is 0.325 e. The summed E-state index contributed by atoms with van der Waals surface area (Å²) in [5, 5.41) is 6.08. The number of hydrogen-bond acceptors (Lipinski definition) is 6. The van der Waals surface area contributed by atoms with Gasteiger partial charge in [0.05, 0.1) is 13.2 Å². The molecule has 0 radical (unpaired) electrons. The summed E-state index contributed by atoms with van der Waals surface area (Å²) in [6.07, 6.45) is 0. The summed E-state index contributed by atoms with van der Waals surface area (Å²) in [4.78, 5) is 35.9. The van der Waals surface area contributed by atoms with Crippen LogP contribution in [0, 0.1) is 0 Å². The normalized spacial score (nSPS) is 11.5. The Labute approximate surface area is 173 Å². The molecule has 0 saturated heterocycles. The predicted octanol–water partition coefficient (Wildman–Crippen LogP) is 2.59. The standard InChI is InChI=1S/C22H22N2O6/c1-14(19-11-15-6-3-4-9-18(15)30-19)24-20(25)13-29-21(26)12-23-22(27)16-7-5-8-17(10-16)28-2/h3-11,14H,12-13H2,1-2H3,(H,23,27)(H,24,25)/t14-/m0/s1. The van der Waals surface area contributed by atoms with Crippen LogP contribution in [-0.4, -0.2) is 38.0 Å². The molecule has 2 amide bonds. The Bertz CT molecular complexity index is 1030. The van der Waals surface area contributed by atoms with E-state index in [9.17, 15) is 14.4 Å². The third-order valence-corrected chi connectivity index (χ3v) is 4.34. The molecule has 0 aliphatic heterocycles. The van der Waals surface area contributed by atoms with Gasteiger partial charge < -0.3 is 24.5 Å². The molecule has 0 saturated carbocycles. The highest BCUT2D eigenvalue weighted by molar-refractivity contribution is 5.96. The minimum Gasteiger partial charge on any atom is -0.497 e.